The van der Waals surface area contributed by atoms with Crippen LogP contribution in [-0.2, 0) is 0 Å². The van der Waals surface area contributed by atoms with Crippen molar-refractivity contribution < 1.29 is 9.13 Å². The Kier molecular flexibility index (Phi) is 4.34. The molecule has 0 bridgehead atoms. The number of benzene rings is 1. The molecule has 0 atom stereocenters. The molecule has 5 nitrogen and oxygen atoms in total. The molecule has 0 aliphatic heterocycles. The third-order valence-electron chi connectivity index (χ3n) is 3.18. The molecular formula is C16H12ClFN4O. The van der Waals surface area contributed by atoms with Crippen molar-refractivity contribution in [1.29, 1.82) is 0 Å². The highest BCUT2D eigenvalue weighted by molar-refractivity contribution is 6.28. The maximum Gasteiger partial charge on any atom is 0.224 e. The summed E-state index contributed by atoms with van der Waals surface area (Å²) < 4.78 is 19.1. The Morgan fingerprint density at radius 1 is 1.13 bits per heavy atom. The number of pyridine rings is 1. The second-order valence-electron chi connectivity index (χ2n) is 4.61. The van der Waals surface area contributed by atoms with Crippen LogP contribution in [0.5, 0.6) is 5.75 Å². The van der Waals surface area contributed by atoms with E-state index in [1.807, 2.05) is 24.3 Å². The fourth-order valence-corrected chi connectivity index (χ4v) is 2.21. The van der Waals surface area contributed by atoms with Gasteiger partial charge >= 0.3 is 0 Å². The molecule has 116 valence electrons. The van der Waals surface area contributed by atoms with E-state index in [9.17, 15) is 4.39 Å². The lowest BCUT2D eigenvalue weighted by atomic mass is 10.1. The van der Waals surface area contributed by atoms with Gasteiger partial charge < -0.3 is 10.1 Å². The number of aromatic nitrogens is 3. The summed E-state index contributed by atoms with van der Waals surface area (Å²) in [5.74, 6) is -0.0666. The maximum atomic E-state index is 13.7. The van der Waals surface area contributed by atoms with Gasteiger partial charge in [0, 0.05) is 12.4 Å². The smallest absolute Gasteiger partial charge is 0.224 e. The Hall–Kier alpha value is -2.73. The third kappa shape index (κ3) is 3.37. The average molecular weight is 331 g/mol. The van der Waals surface area contributed by atoms with Crippen molar-refractivity contribution >= 4 is 23.1 Å². The van der Waals surface area contributed by atoms with Crippen LogP contribution in [-0.4, -0.2) is 22.1 Å². The first-order chi connectivity index (χ1) is 11.2. The predicted molar refractivity (Wildman–Crippen MR) is 86.5 cm³/mol. The normalized spacial score (nSPS) is 10.4. The Morgan fingerprint density at radius 3 is 2.65 bits per heavy atom. The second-order valence-corrected chi connectivity index (χ2v) is 4.95. The number of halogens is 2. The number of methoxy groups -OCH3 is 1. The van der Waals surface area contributed by atoms with Crippen LogP contribution in [0.3, 0.4) is 0 Å². The first-order valence-electron chi connectivity index (χ1n) is 6.71. The van der Waals surface area contributed by atoms with Crippen LogP contribution in [0.2, 0.25) is 5.28 Å². The lowest BCUT2D eigenvalue weighted by Crippen LogP contribution is -2.01. The minimum atomic E-state index is -0.602. The molecule has 3 rings (SSSR count). The van der Waals surface area contributed by atoms with Crippen LogP contribution in [0, 0.1) is 5.82 Å². The second kappa shape index (κ2) is 6.58. The molecule has 2 aromatic heterocycles. The topological polar surface area (TPSA) is 59.9 Å². The van der Waals surface area contributed by atoms with E-state index < -0.39 is 5.82 Å². The van der Waals surface area contributed by atoms with E-state index >= 15 is 0 Å². The van der Waals surface area contributed by atoms with Crippen LogP contribution in [0.15, 0.2) is 48.9 Å². The van der Waals surface area contributed by atoms with Gasteiger partial charge in [0.05, 0.1) is 19.0 Å². The van der Waals surface area contributed by atoms with E-state index in [0.717, 1.165) is 17.3 Å². The molecule has 0 radical (unpaired) electrons. The lowest BCUT2D eigenvalue weighted by Gasteiger charge is -2.13. The largest absolute Gasteiger partial charge is 0.495 e. The zero-order chi connectivity index (χ0) is 16.2. The quantitative estimate of drug-likeness (QED) is 0.730. The van der Waals surface area contributed by atoms with Crippen LogP contribution >= 0.6 is 11.6 Å². The summed E-state index contributed by atoms with van der Waals surface area (Å²) in [6.07, 6.45) is 4.44. The molecule has 0 unspecified atom stereocenters. The number of hydrogen-bond acceptors (Lipinski definition) is 5. The van der Waals surface area contributed by atoms with Crippen molar-refractivity contribution in [3.63, 3.8) is 0 Å². The van der Waals surface area contributed by atoms with Gasteiger partial charge in [-0.2, -0.15) is 4.98 Å². The van der Waals surface area contributed by atoms with Crippen molar-refractivity contribution in [3.8, 4) is 16.9 Å². The highest BCUT2D eigenvalue weighted by Gasteiger charge is 2.11. The summed E-state index contributed by atoms with van der Waals surface area (Å²) >= 11 is 5.70. The predicted octanol–water partition coefficient (Wildman–Crippen LogP) is 4.08. The van der Waals surface area contributed by atoms with Crippen LogP contribution < -0.4 is 10.1 Å². The van der Waals surface area contributed by atoms with Crippen molar-refractivity contribution in [3.05, 3.63) is 60.0 Å². The molecule has 1 N–H and O–H groups in total. The zero-order valence-electron chi connectivity index (χ0n) is 12.1. The number of nitrogens with zero attached hydrogens (tertiary/aromatic N) is 3. The monoisotopic (exact) mass is 330 g/mol. The number of ether oxygens (including phenoxy) is 1. The summed E-state index contributed by atoms with van der Waals surface area (Å²) in [5.41, 5.74) is 2.52. The number of anilines is 2. The minimum Gasteiger partial charge on any atom is -0.495 e. The van der Waals surface area contributed by atoms with Gasteiger partial charge in [0.2, 0.25) is 5.28 Å². The van der Waals surface area contributed by atoms with Gasteiger partial charge in [0.15, 0.2) is 11.6 Å². The standard InChI is InChI=1S/C16H12ClFN4O/c1-23-14-8-11(10-4-6-19-7-5-10)2-3-13(14)21-15-12(18)9-20-16(17)22-15/h2-9H,1H3,(H,20,21,22). The van der Waals surface area contributed by atoms with Crippen molar-refractivity contribution in [1.82, 2.24) is 15.0 Å². The van der Waals surface area contributed by atoms with Crippen LogP contribution in [0.25, 0.3) is 11.1 Å². The maximum absolute atomic E-state index is 13.7. The van der Waals surface area contributed by atoms with Crippen LogP contribution in [0.4, 0.5) is 15.9 Å². The molecule has 2 heterocycles. The van der Waals surface area contributed by atoms with Gasteiger partial charge in [-0.25, -0.2) is 9.37 Å². The SMILES string of the molecule is COc1cc(-c2ccncc2)ccc1Nc1nc(Cl)ncc1F. The number of rotatable bonds is 4. The van der Waals surface area contributed by atoms with E-state index in [-0.39, 0.29) is 11.1 Å². The van der Waals surface area contributed by atoms with Gasteiger partial charge in [-0.3, -0.25) is 4.98 Å². The Morgan fingerprint density at radius 2 is 1.91 bits per heavy atom. The number of nitrogens with one attached hydrogen (secondary N) is 1. The molecule has 0 aliphatic carbocycles. The summed E-state index contributed by atoms with van der Waals surface area (Å²) in [4.78, 5) is 11.4. The Balaban J connectivity index is 1.96. The van der Waals surface area contributed by atoms with Gasteiger partial charge in [0.25, 0.3) is 0 Å². The van der Waals surface area contributed by atoms with Crippen molar-refractivity contribution in [2.75, 3.05) is 12.4 Å². The molecule has 0 amide bonds. The molecule has 0 saturated heterocycles. The molecule has 0 saturated carbocycles. The van der Waals surface area contributed by atoms with Gasteiger partial charge in [-0.05, 0) is 47.0 Å². The third-order valence-corrected chi connectivity index (χ3v) is 3.37. The first-order valence-corrected chi connectivity index (χ1v) is 7.08. The van der Waals surface area contributed by atoms with E-state index in [2.05, 4.69) is 20.3 Å². The van der Waals surface area contributed by atoms with Gasteiger partial charge in [-0.15, -0.1) is 0 Å². The van der Waals surface area contributed by atoms with E-state index in [1.165, 1.54) is 0 Å². The molecule has 7 heteroatoms. The summed E-state index contributed by atoms with van der Waals surface area (Å²) in [6.45, 7) is 0. The molecular weight excluding hydrogens is 319 g/mol. The molecule has 0 aliphatic rings. The van der Waals surface area contributed by atoms with E-state index in [1.54, 1.807) is 25.6 Å². The number of hydrogen-bond donors (Lipinski definition) is 1. The van der Waals surface area contributed by atoms with E-state index in [0.29, 0.717) is 11.4 Å². The van der Waals surface area contributed by atoms with E-state index in [4.69, 9.17) is 16.3 Å². The Bertz CT molecular complexity index is 830. The molecule has 0 fully saturated rings. The van der Waals surface area contributed by atoms with Gasteiger partial charge in [0.1, 0.15) is 5.75 Å². The highest BCUT2D eigenvalue weighted by Crippen LogP contribution is 2.32. The first kappa shape index (κ1) is 15.2. The summed E-state index contributed by atoms with van der Waals surface area (Å²) in [6, 6.07) is 9.31. The Labute approximate surface area is 137 Å². The molecule has 1 aromatic carbocycles. The summed E-state index contributed by atoms with van der Waals surface area (Å²) in [5, 5.41) is 2.82. The fraction of sp³-hybridized carbons (Fsp3) is 0.0625. The molecule has 3 aromatic rings. The lowest BCUT2D eigenvalue weighted by molar-refractivity contribution is 0.417. The fourth-order valence-electron chi connectivity index (χ4n) is 2.08. The van der Waals surface area contributed by atoms with Crippen molar-refractivity contribution in [2.45, 2.75) is 0 Å². The van der Waals surface area contributed by atoms with Crippen LogP contribution in [0.1, 0.15) is 0 Å². The van der Waals surface area contributed by atoms with Gasteiger partial charge in [-0.1, -0.05) is 6.07 Å². The van der Waals surface area contributed by atoms with Crippen molar-refractivity contribution in [2.24, 2.45) is 0 Å². The zero-order valence-corrected chi connectivity index (χ0v) is 12.9. The molecule has 23 heavy (non-hydrogen) atoms. The highest BCUT2D eigenvalue weighted by atomic mass is 35.5. The molecule has 0 spiro atoms. The summed E-state index contributed by atoms with van der Waals surface area (Å²) in [7, 11) is 1.54. The minimum absolute atomic E-state index is 0.0139. The average Bonchev–Trinajstić information content (AvgIpc) is 2.59.